The fourth-order valence-corrected chi connectivity index (χ4v) is 3.02. The van der Waals surface area contributed by atoms with Gasteiger partial charge in [-0.1, -0.05) is 30.1 Å². The smallest absolute Gasteiger partial charge is 0.405 e. The summed E-state index contributed by atoms with van der Waals surface area (Å²) in [5, 5.41) is 18.5. The molecule has 25 heavy (non-hydrogen) atoms. The molecule has 0 radical (unpaired) electrons. The summed E-state index contributed by atoms with van der Waals surface area (Å²) in [7, 11) is 0. The Kier molecular flexibility index (Phi) is 4.65. The molecule has 8 nitrogen and oxygen atoms in total. The van der Waals surface area contributed by atoms with E-state index in [0.717, 1.165) is 0 Å². The van der Waals surface area contributed by atoms with Crippen molar-refractivity contribution in [2.24, 2.45) is 0 Å². The number of nitrogens with one attached hydrogen (secondary N) is 2. The van der Waals surface area contributed by atoms with Gasteiger partial charge in [-0.15, -0.1) is 0 Å². The van der Waals surface area contributed by atoms with Crippen molar-refractivity contribution < 1.29 is 9.90 Å². The molecule has 3 N–H and O–H groups in total. The normalized spacial score (nSPS) is 12.3. The first-order valence-electron chi connectivity index (χ1n) is 7.33. The zero-order valence-corrected chi connectivity index (χ0v) is 14.5. The van der Waals surface area contributed by atoms with Crippen LogP contribution in [0.3, 0.4) is 0 Å². The van der Waals surface area contributed by atoms with Gasteiger partial charge in [-0.25, -0.2) is 9.78 Å². The Hall–Kier alpha value is -2.58. The molecule has 1 unspecified atom stereocenters. The highest BCUT2D eigenvalue weighted by Gasteiger charge is 2.23. The zero-order chi connectivity index (χ0) is 18.1. The van der Waals surface area contributed by atoms with E-state index in [9.17, 15) is 9.59 Å². The quantitative estimate of drug-likeness (QED) is 0.642. The predicted molar refractivity (Wildman–Crippen MR) is 93.7 cm³/mol. The van der Waals surface area contributed by atoms with Crippen molar-refractivity contribution >= 4 is 40.2 Å². The minimum Gasteiger partial charge on any atom is -0.465 e. The van der Waals surface area contributed by atoms with Crippen molar-refractivity contribution in [3.63, 3.8) is 0 Å². The molecule has 1 aromatic carbocycles. The maximum Gasteiger partial charge on any atom is 0.405 e. The first kappa shape index (κ1) is 17.2. The summed E-state index contributed by atoms with van der Waals surface area (Å²) in [6.07, 6.45) is 2.09. The van der Waals surface area contributed by atoms with Crippen LogP contribution in [0.5, 0.6) is 0 Å². The Morgan fingerprint density at radius 2 is 2.12 bits per heavy atom. The van der Waals surface area contributed by atoms with Gasteiger partial charge in [0.15, 0.2) is 0 Å². The van der Waals surface area contributed by atoms with E-state index >= 15 is 0 Å². The summed E-state index contributed by atoms with van der Waals surface area (Å²) in [6.45, 7) is 1.77. The minimum absolute atomic E-state index is 0.157. The van der Waals surface area contributed by atoms with Crippen LogP contribution in [0.4, 0.5) is 4.79 Å². The number of H-pyrrole nitrogens is 1. The zero-order valence-electron chi connectivity index (χ0n) is 13.0. The summed E-state index contributed by atoms with van der Waals surface area (Å²) < 4.78 is 1.28. The number of rotatable bonds is 4. The molecule has 130 valence electrons. The molecule has 0 fully saturated rings. The molecule has 2 heterocycles. The maximum atomic E-state index is 13.1. The van der Waals surface area contributed by atoms with Gasteiger partial charge >= 0.3 is 6.09 Å². The van der Waals surface area contributed by atoms with Crippen LogP contribution in [-0.4, -0.2) is 30.9 Å². The number of benzene rings is 1. The van der Waals surface area contributed by atoms with Crippen LogP contribution in [0, 0.1) is 0 Å². The van der Waals surface area contributed by atoms with Gasteiger partial charge in [0.1, 0.15) is 5.82 Å². The van der Waals surface area contributed by atoms with Gasteiger partial charge in [-0.05, 0) is 18.6 Å². The van der Waals surface area contributed by atoms with Crippen molar-refractivity contribution in [1.82, 2.24) is 25.1 Å². The largest absolute Gasteiger partial charge is 0.465 e. The first-order chi connectivity index (χ1) is 11.9. The Bertz CT molecular complexity index is 1000. The number of carboxylic acid groups (broad SMARTS) is 1. The van der Waals surface area contributed by atoms with E-state index in [1.54, 1.807) is 6.92 Å². The summed E-state index contributed by atoms with van der Waals surface area (Å²) in [5.74, 6) is 0.202. The number of carbonyl (C=O) groups is 1. The number of aromatic nitrogens is 4. The second-order valence-electron chi connectivity index (χ2n) is 5.23. The van der Waals surface area contributed by atoms with Gasteiger partial charge in [0.25, 0.3) is 5.56 Å². The maximum absolute atomic E-state index is 13.1. The van der Waals surface area contributed by atoms with Crippen LogP contribution in [0.25, 0.3) is 16.6 Å². The minimum atomic E-state index is -1.22. The highest BCUT2D eigenvalue weighted by Crippen LogP contribution is 2.28. The molecule has 0 saturated heterocycles. The number of halogens is 2. The van der Waals surface area contributed by atoms with Crippen molar-refractivity contribution in [2.75, 3.05) is 0 Å². The van der Waals surface area contributed by atoms with Crippen LogP contribution < -0.4 is 10.9 Å². The van der Waals surface area contributed by atoms with Crippen LogP contribution >= 0.6 is 23.2 Å². The SMILES string of the molecule is CCC(NC(=O)O)c1nc2c(Cl)ccc(Cl)c2c(=O)n1-c1cn[nH]c1. The van der Waals surface area contributed by atoms with Crippen molar-refractivity contribution in [3.8, 4) is 5.69 Å². The second-order valence-corrected chi connectivity index (χ2v) is 6.04. The first-order valence-corrected chi connectivity index (χ1v) is 8.09. The number of hydrogen-bond donors (Lipinski definition) is 3. The highest BCUT2D eigenvalue weighted by atomic mass is 35.5. The third-order valence-electron chi connectivity index (χ3n) is 3.71. The van der Waals surface area contributed by atoms with Crippen LogP contribution in [0.15, 0.2) is 29.3 Å². The lowest BCUT2D eigenvalue weighted by Gasteiger charge is -2.20. The molecule has 0 aliphatic rings. The molecule has 3 aromatic rings. The standard InChI is InChI=1S/C15H13Cl2N5O3/c1-2-10(20-15(24)25)13-21-12-9(17)4-3-8(16)11(12)14(23)22(13)7-5-18-19-6-7/h3-6,10,20H,2H2,1H3,(H,18,19)(H,24,25). The Labute approximate surface area is 151 Å². The summed E-state index contributed by atoms with van der Waals surface area (Å²) in [6, 6.07) is 2.33. The molecular weight excluding hydrogens is 369 g/mol. The van der Waals surface area contributed by atoms with Crippen molar-refractivity contribution in [1.29, 1.82) is 0 Å². The molecule has 0 aliphatic heterocycles. The van der Waals surface area contributed by atoms with E-state index in [-0.39, 0.29) is 26.8 Å². The number of nitrogens with zero attached hydrogens (tertiary/aromatic N) is 3. The van der Waals surface area contributed by atoms with Gasteiger partial charge in [0.2, 0.25) is 0 Å². The van der Waals surface area contributed by atoms with Gasteiger partial charge in [0, 0.05) is 6.20 Å². The van der Waals surface area contributed by atoms with E-state index in [1.165, 1.54) is 29.1 Å². The molecule has 0 aliphatic carbocycles. The lowest BCUT2D eigenvalue weighted by atomic mass is 10.1. The Balaban J connectivity index is 2.42. The van der Waals surface area contributed by atoms with Crippen LogP contribution in [0.1, 0.15) is 25.2 Å². The molecule has 2 aromatic heterocycles. The molecule has 10 heteroatoms. The van der Waals surface area contributed by atoms with E-state index in [0.29, 0.717) is 12.1 Å². The van der Waals surface area contributed by atoms with Gasteiger partial charge in [-0.2, -0.15) is 5.10 Å². The summed E-state index contributed by atoms with van der Waals surface area (Å²) in [4.78, 5) is 28.7. The summed E-state index contributed by atoms with van der Waals surface area (Å²) >= 11 is 12.4. The number of amides is 1. The third kappa shape index (κ3) is 3.06. The molecule has 0 saturated carbocycles. The topological polar surface area (TPSA) is 113 Å². The lowest BCUT2D eigenvalue weighted by molar-refractivity contribution is 0.188. The van der Waals surface area contributed by atoms with Crippen LogP contribution in [-0.2, 0) is 0 Å². The average Bonchev–Trinajstić information content (AvgIpc) is 3.09. The third-order valence-corrected chi connectivity index (χ3v) is 4.33. The second kappa shape index (κ2) is 6.73. The average molecular weight is 382 g/mol. The Morgan fingerprint density at radius 3 is 2.72 bits per heavy atom. The fraction of sp³-hybridized carbons (Fsp3) is 0.200. The molecule has 0 bridgehead atoms. The predicted octanol–water partition coefficient (Wildman–Crippen LogP) is 3.13. The molecule has 1 amide bonds. The fourth-order valence-electron chi connectivity index (χ4n) is 2.58. The molecule has 1 atom stereocenters. The summed E-state index contributed by atoms with van der Waals surface area (Å²) in [5.41, 5.74) is 0.176. The lowest BCUT2D eigenvalue weighted by Crippen LogP contribution is -2.33. The van der Waals surface area contributed by atoms with E-state index in [4.69, 9.17) is 28.3 Å². The molecule has 3 rings (SSSR count). The highest BCUT2D eigenvalue weighted by molar-refractivity contribution is 6.39. The number of aromatic amines is 1. The van der Waals surface area contributed by atoms with E-state index in [1.807, 2.05) is 0 Å². The van der Waals surface area contributed by atoms with Crippen molar-refractivity contribution in [2.45, 2.75) is 19.4 Å². The van der Waals surface area contributed by atoms with Gasteiger partial charge in [0.05, 0.1) is 38.9 Å². The van der Waals surface area contributed by atoms with Gasteiger partial charge < -0.3 is 10.4 Å². The molecular formula is C15H13Cl2N5O3. The monoisotopic (exact) mass is 381 g/mol. The van der Waals surface area contributed by atoms with E-state index in [2.05, 4.69) is 20.5 Å². The van der Waals surface area contributed by atoms with Gasteiger partial charge in [-0.3, -0.25) is 14.5 Å². The molecule has 0 spiro atoms. The number of fused-ring (bicyclic) bond motifs is 1. The Morgan fingerprint density at radius 1 is 1.40 bits per heavy atom. The number of hydrogen-bond acceptors (Lipinski definition) is 4. The van der Waals surface area contributed by atoms with E-state index < -0.39 is 17.7 Å². The van der Waals surface area contributed by atoms with Crippen molar-refractivity contribution in [3.05, 3.63) is 50.7 Å². The van der Waals surface area contributed by atoms with Crippen LogP contribution in [0.2, 0.25) is 10.0 Å².